The van der Waals surface area contributed by atoms with Crippen LogP contribution in [0.4, 0.5) is 0 Å². The third kappa shape index (κ3) is 1.55. The molecule has 1 amide bonds. The van der Waals surface area contributed by atoms with Gasteiger partial charge in [-0.15, -0.1) is 0 Å². The van der Waals surface area contributed by atoms with Crippen molar-refractivity contribution in [1.82, 2.24) is 9.58 Å². The van der Waals surface area contributed by atoms with Gasteiger partial charge in [0.25, 0.3) is 5.91 Å². The molecule has 1 aromatic heterocycles. The zero-order valence-electron chi connectivity index (χ0n) is 11.3. The Morgan fingerprint density at radius 3 is 2.60 bits per heavy atom. The number of nitrogens with zero attached hydrogens (tertiary/aromatic N) is 3. The molecule has 0 N–H and O–H groups in total. The Balaban J connectivity index is 2.39. The van der Waals surface area contributed by atoms with E-state index < -0.39 is 0 Å². The molecule has 0 bridgehead atoms. The molecular weight excluding hydrogens is 330 g/mol. The molecule has 1 atom stereocenters. The second-order valence-corrected chi connectivity index (χ2v) is 5.57. The maximum absolute atomic E-state index is 12.4. The van der Waals surface area contributed by atoms with Crippen molar-refractivity contribution in [2.24, 2.45) is 0 Å². The number of carbonyl (C=O) groups is 1. The molecule has 0 fully saturated rings. The van der Waals surface area contributed by atoms with Gasteiger partial charge in [-0.2, -0.15) is 0 Å². The highest BCUT2D eigenvalue weighted by Crippen LogP contribution is 2.36. The van der Waals surface area contributed by atoms with Crippen molar-refractivity contribution in [3.05, 3.63) is 26.1 Å². The molecule has 7 nitrogen and oxygen atoms in total. The van der Waals surface area contributed by atoms with Crippen molar-refractivity contribution in [2.75, 3.05) is 39.5 Å². The summed E-state index contributed by atoms with van der Waals surface area (Å²) in [4.78, 5) is 26.3. The van der Waals surface area contributed by atoms with Crippen LogP contribution >= 0.6 is 15.9 Å². The molecule has 1 unspecified atom stereocenters. The summed E-state index contributed by atoms with van der Waals surface area (Å²) in [5.41, 5.74) is 0.583. The quantitative estimate of drug-likeness (QED) is 0.772. The molecule has 0 aromatic carbocycles. The van der Waals surface area contributed by atoms with Crippen molar-refractivity contribution >= 4 is 21.8 Å². The van der Waals surface area contributed by atoms with Gasteiger partial charge in [-0.3, -0.25) is 14.6 Å². The Kier molecular flexibility index (Phi) is 3.02. The van der Waals surface area contributed by atoms with E-state index in [1.807, 2.05) is 5.01 Å². The first kappa shape index (κ1) is 13.4. The fourth-order valence-corrected chi connectivity index (χ4v) is 3.34. The number of aromatic nitrogens is 1. The number of halogens is 1. The van der Waals surface area contributed by atoms with Crippen molar-refractivity contribution in [3.8, 4) is 5.75 Å². The third-order valence-corrected chi connectivity index (χ3v) is 4.43. The van der Waals surface area contributed by atoms with Crippen LogP contribution in [-0.2, 0) is 4.74 Å². The van der Waals surface area contributed by atoms with Crippen molar-refractivity contribution in [1.29, 1.82) is 0 Å². The lowest BCUT2D eigenvalue weighted by molar-refractivity contribution is 0.0733. The summed E-state index contributed by atoms with van der Waals surface area (Å²) in [5, 5.41) is 1.95. The first-order chi connectivity index (χ1) is 9.51. The summed E-state index contributed by atoms with van der Waals surface area (Å²) in [5.74, 6) is -0.181. The number of methoxy groups -OCH3 is 2. The fourth-order valence-electron chi connectivity index (χ4n) is 2.74. The molecular formula is C12H14BrN3O4. The fraction of sp³-hybridized carbons (Fsp3) is 0.500. The number of pyridine rings is 1. The Hall–Kier alpha value is -1.54. The predicted octanol–water partition coefficient (Wildman–Crippen LogP) is 0.302. The van der Waals surface area contributed by atoms with Gasteiger partial charge < -0.3 is 14.4 Å². The topological polar surface area (TPSA) is 64.0 Å². The molecule has 0 saturated carbocycles. The van der Waals surface area contributed by atoms with E-state index in [0.29, 0.717) is 23.4 Å². The van der Waals surface area contributed by atoms with Crippen LogP contribution in [0, 0.1) is 0 Å². The van der Waals surface area contributed by atoms with Crippen molar-refractivity contribution in [2.45, 2.75) is 6.10 Å². The van der Waals surface area contributed by atoms with Crippen LogP contribution < -0.4 is 15.2 Å². The maximum atomic E-state index is 12.4. The summed E-state index contributed by atoms with van der Waals surface area (Å²) in [6, 6.07) is 0. The van der Waals surface area contributed by atoms with Crippen LogP contribution in [0.15, 0.2) is 9.27 Å². The molecule has 3 rings (SSSR count). The molecule has 8 heteroatoms. The van der Waals surface area contributed by atoms with Crippen LogP contribution in [0.25, 0.3) is 0 Å². The number of hydrogen-bond acceptors (Lipinski definition) is 5. The zero-order chi connectivity index (χ0) is 14.6. The minimum absolute atomic E-state index is 0.0546. The van der Waals surface area contributed by atoms with Gasteiger partial charge in [-0.1, -0.05) is 0 Å². The normalized spacial score (nSPS) is 20.4. The van der Waals surface area contributed by atoms with E-state index in [0.717, 1.165) is 0 Å². The maximum Gasteiger partial charge on any atom is 0.277 e. The summed E-state index contributed by atoms with van der Waals surface area (Å²) in [6.45, 7) is 1.02. The zero-order valence-corrected chi connectivity index (χ0v) is 12.9. The molecule has 0 radical (unpaired) electrons. The summed E-state index contributed by atoms with van der Waals surface area (Å²) in [6.07, 6.45) is -0.263. The monoisotopic (exact) mass is 343 g/mol. The molecule has 3 heterocycles. The van der Waals surface area contributed by atoms with Crippen molar-refractivity contribution in [3.63, 3.8) is 0 Å². The highest BCUT2D eigenvalue weighted by Gasteiger charge is 2.42. The van der Waals surface area contributed by atoms with E-state index in [2.05, 4.69) is 15.9 Å². The highest BCUT2D eigenvalue weighted by atomic mass is 79.9. The van der Waals surface area contributed by atoms with Crippen LogP contribution in [0.3, 0.4) is 0 Å². The highest BCUT2D eigenvalue weighted by molar-refractivity contribution is 9.10. The number of carbonyl (C=O) groups excluding carboxylic acids is 1. The van der Waals surface area contributed by atoms with E-state index in [1.54, 1.807) is 23.7 Å². The predicted molar refractivity (Wildman–Crippen MR) is 74.7 cm³/mol. The van der Waals surface area contributed by atoms with Crippen LogP contribution in [-0.4, -0.2) is 50.0 Å². The lowest BCUT2D eigenvalue weighted by Crippen LogP contribution is -2.51. The Bertz CT molecular complexity index is 657. The average molecular weight is 344 g/mol. The molecule has 108 valence electrons. The summed E-state index contributed by atoms with van der Waals surface area (Å²) in [7, 11) is 4.67. The second kappa shape index (κ2) is 4.49. The van der Waals surface area contributed by atoms with Gasteiger partial charge in [0.2, 0.25) is 5.43 Å². The van der Waals surface area contributed by atoms with Gasteiger partial charge in [0.1, 0.15) is 12.8 Å². The SMILES string of the molecule is COc1c2n3c(c(Br)c1=O)C(OC)CN3CN(C)C2=O. The molecule has 2 aliphatic heterocycles. The molecule has 1 aromatic rings. The first-order valence-electron chi connectivity index (χ1n) is 6.07. The Morgan fingerprint density at radius 1 is 1.30 bits per heavy atom. The van der Waals surface area contributed by atoms with Gasteiger partial charge in [0.05, 0.1) is 23.8 Å². The van der Waals surface area contributed by atoms with E-state index in [9.17, 15) is 9.59 Å². The van der Waals surface area contributed by atoms with E-state index in [1.165, 1.54) is 7.11 Å². The Morgan fingerprint density at radius 2 is 2.00 bits per heavy atom. The number of hydrogen-bond donors (Lipinski definition) is 0. The van der Waals surface area contributed by atoms with E-state index in [-0.39, 0.29) is 28.9 Å². The lowest BCUT2D eigenvalue weighted by Gasteiger charge is -2.35. The van der Waals surface area contributed by atoms with Gasteiger partial charge in [0, 0.05) is 14.2 Å². The second-order valence-electron chi connectivity index (χ2n) is 4.78. The van der Waals surface area contributed by atoms with Crippen LogP contribution in [0.5, 0.6) is 5.75 Å². The van der Waals surface area contributed by atoms with Gasteiger partial charge >= 0.3 is 0 Å². The first-order valence-corrected chi connectivity index (χ1v) is 6.86. The summed E-state index contributed by atoms with van der Waals surface area (Å²) < 4.78 is 12.7. The van der Waals surface area contributed by atoms with Gasteiger partial charge in [-0.05, 0) is 15.9 Å². The molecule has 0 saturated heterocycles. The van der Waals surface area contributed by atoms with Gasteiger partial charge in [0.15, 0.2) is 11.4 Å². The van der Waals surface area contributed by atoms with E-state index in [4.69, 9.17) is 9.47 Å². The van der Waals surface area contributed by atoms with Crippen LogP contribution in [0.1, 0.15) is 22.3 Å². The molecule has 2 aliphatic rings. The molecule has 0 spiro atoms. The van der Waals surface area contributed by atoms with Crippen molar-refractivity contribution < 1.29 is 14.3 Å². The minimum atomic E-state index is -0.332. The standard InChI is InChI=1S/C12H14BrN3O4/c1-14-5-15-4-6(19-2)8-7(13)10(17)11(20-3)9(12(14)18)16(8)15/h6H,4-5H2,1-3H3. The average Bonchev–Trinajstić information content (AvgIpc) is 2.79. The molecule has 0 aliphatic carbocycles. The summed E-state index contributed by atoms with van der Waals surface area (Å²) >= 11 is 3.31. The number of ether oxygens (including phenoxy) is 2. The minimum Gasteiger partial charge on any atom is -0.491 e. The van der Waals surface area contributed by atoms with Crippen LogP contribution in [0.2, 0.25) is 0 Å². The lowest BCUT2D eigenvalue weighted by atomic mass is 10.2. The smallest absolute Gasteiger partial charge is 0.277 e. The number of amides is 1. The molecule has 20 heavy (non-hydrogen) atoms. The largest absolute Gasteiger partial charge is 0.491 e. The van der Waals surface area contributed by atoms with E-state index >= 15 is 0 Å². The number of rotatable bonds is 2. The third-order valence-electron chi connectivity index (χ3n) is 3.66. The van der Waals surface area contributed by atoms with Gasteiger partial charge in [-0.25, -0.2) is 4.68 Å². The Labute approximate surface area is 123 Å².